The average Bonchev–Trinajstić information content (AvgIpc) is 3.42. The minimum Gasteiger partial charge on any atom is -0.328 e. The van der Waals surface area contributed by atoms with Gasteiger partial charge in [0.15, 0.2) is 5.82 Å². The van der Waals surface area contributed by atoms with E-state index in [0.29, 0.717) is 54.7 Å². The van der Waals surface area contributed by atoms with Crippen LogP contribution >= 0.6 is 0 Å². The summed E-state index contributed by atoms with van der Waals surface area (Å²) in [5.41, 5.74) is 9.74. The summed E-state index contributed by atoms with van der Waals surface area (Å²) in [5.74, 6) is 0.875. The second kappa shape index (κ2) is 15.0. The summed E-state index contributed by atoms with van der Waals surface area (Å²) in [7, 11) is 0.576. The number of amides is 3. The predicted octanol–water partition coefficient (Wildman–Crippen LogP) is 3.68. The Morgan fingerprint density at radius 1 is 1.04 bits per heavy atom. The van der Waals surface area contributed by atoms with Crippen LogP contribution in [0.5, 0.6) is 0 Å². The molecule has 0 radical (unpaired) electrons. The number of aromatic nitrogens is 2. The molecular formula is C35H43N9O3S. The first-order chi connectivity index (χ1) is 23.2. The topological polar surface area (TPSA) is 164 Å². The number of likely N-dealkylation sites (tertiary alicyclic amines) is 1. The molecule has 1 aromatic heterocycles. The molecule has 3 aliphatic rings. The number of rotatable bonds is 10. The van der Waals surface area contributed by atoms with Gasteiger partial charge in [0.2, 0.25) is 5.91 Å². The second-order valence-corrected chi connectivity index (χ2v) is 14.8. The van der Waals surface area contributed by atoms with E-state index in [1.165, 1.54) is 10.5 Å². The maximum atomic E-state index is 13.4. The maximum Gasteiger partial charge on any atom is 0.329 e. The van der Waals surface area contributed by atoms with E-state index in [-0.39, 0.29) is 24.3 Å². The van der Waals surface area contributed by atoms with Crippen LogP contribution < -0.4 is 16.0 Å². The quantitative estimate of drug-likeness (QED) is 0.330. The van der Waals surface area contributed by atoms with Gasteiger partial charge in [-0.3, -0.25) is 19.7 Å². The second-order valence-electron chi connectivity index (χ2n) is 13.3. The molecule has 3 saturated heterocycles. The lowest BCUT2D eigenvalue weighted by atomic mass is 9.87. The number of piperidine rings is 2. The lowest BCUT2D eigenvalue weighted by molar-refractivity contribution is -0.120. The molecule has 3 fully saturated rings. The molecular weight excluding hydrogens is 627 g/mol. The Balaban J connectivity index is 1.11. The van der Waals surface area contributed by atoms with Crippen molar-refractivity contribution in [2.24, 2.45) is 18.7 Å². The van der Waals surface area contributed by atoms with Gasteiger partial charge in [0, 0.05) is 57.5 Å². The highest BCUT2D eigenvalue weighted by atomic mass is 32.2. The van der Waals surface area contributed by atoms with E-state index in [9.17, 15) is 24.3 Å². The summed E-state index contributed by atoms with van der Waals surface area (Å²) < 4.78 is 17.2. The number of imide groups is 1. The van der Waals surface area contributed by atoms with Crippen molar-refractivity contribution in [3.8, 4) is 12.1 Å². The molecule has 0 aliphatic carbocycles. The number of carbonyl (C=O) groups excluding carboxylic acids is 2. The Hall–Kier alpha value is -4.14. The Morgan fingerprint density at radius 2 is 1.81 bits per heavy atom. The summed E-state index contributed by atoms with van der Waals surface area (Å²) >= 11 is 0. The van der Waals surface area contributed by atoms with E-state index in [0.717, 1.165) is 68.2 Å². The number of nitrogens with one attached hydrogen (secondary N) is 1. The standard InChI is InChI=1S/C35H43N9O3S/c1-41-32-21-26(5-7-31(32)34(40-41)44-18-12-33(45)39-35(44)46)25-8-14-42(15-9-25)23-24(3-2-13-36)19-28-20-30(6-4-27(28)22-37)48(47)43-16-10-29(38)11-17-43/h4-7,20-21,24-25,29H,2-3,8-12,14-19,23,38H2,1H3,(H,39,45,46). The van der Waals surface area contributed by atoms with Crippen LogP contribution in [-0.2, 0) is 29.2 Å². The number of nitrogens with two attached hydrogens (primary N) is 1. The number of carbonyl (C=O) groups is 2. The summed E-state index contributed by atoms with van der Waals surface area (Å²) in [4.78, 5) is 28.8. The molecule has 6 rings (SSSR count). The molecule has 12 nitrogen and oxygen atoms in total. The highest BCUT2D eigenvalue weighted by molar-refractivity contribution is 7.82. The number of fused-ring (bicyclic) bond motifs is 1. The fourth-order valence-electron chi connectivity index (χ4n) is 7.27. The predicted molar refractivity (Wildman–Crippen MR) is 183 cm³/mol. The zero-order valence-electron chi connectivity index (χ0n) is 27.4. The number of benzene rings is 2. The maximum absolute atomic E-state index is 13.4. The number of nitriles is 2. The van der Waals surface area contributed by atoms with Crippen LogP contribution in [0.15, 0.2) is 41.3 Å². The Morgan fingerprint density at radius 3 is 2.52 bits per heavy atom. The van der Waals surface area contributed by atoms with E-state index >= 15 is 0 Å². The van der Waals surface area contributed by atoms with Gasteiger partial charge in [-0.05, 0) is 105 Å². The summed E-state index contributed by atoms with van der Waals surface area (Å²) in [6, 6.07) is 16.2. The molecule has 0 saturated carbocycles. The van der Waals surface area contributed by atoms with E-state index in [2.05, 4.69) is 39.6 Å². The van der Waals surface area contributed by atoms with Crippen molar-refractivity contribution < 1.29 is 13.8 Å². The lowest BCUT2D eigenvalue weighted by Crippen LogP contribution is -2.49. The molecule has 2 aromatic carbocycles. The summed E-state index contributed by atoms with van der Waals surface area (Å²) in [5, 5.41) is 27.2. The smallest absolute Gasteiger partial charge is 0.328 e. The lowest BCUT2D eigenvalue weighted by Gasteiger charge is -2.34. The molecule has 3 aromatic rings. The molecule has 4 heterocycles. The highest BCUT2D eigenvalue weighted by Crippen LogP contribution is 2.34. The van der Waals surface area contributed by atoms with Gasteiger partial charge in [-0.2, -0.15) is 15.6 Å². The van der Waals surface area contributed by atoms with Crippen molar-refractivity contribution in [2.45, 2.75) is 68.2 Å². The number of hydrogen-bond acceptors (Lipinski definition) is 8. The number of aryl methyl sites for hydroxylation is 1. The Labute approximate surface area is 284 Å². The third kappa shape index (κ3) is 7.45. The fourth-order valence-corrected chi connectivity index (χ4v) is 8.54. The molecule has 3 amide bonds. The SMILES string of the molecule is Cn1nc(N2CCC(=O)NC2=O)c2ccc(C3CCN(CC(CCC#N)Cc4cc(S(=O)N5CCC(N)CC5)ccc4C#N)CC3)cc21. The van der Waals surface area contributed by atoms with Crippen LogP contribution in [0.2, 0.25) is 0 Å². The van der Waals surface area contributed by atoms with Crippen molar-refractivity contribution in [1.29, 1.82) is 10.5 Å². The normalized spacial score (nSPS) is 20.0. The number of urea groups is 1. The summed E-state index contributed by atoms with van der Waals surface area (Å²) in [6.45, 7) is 4.39. The first-order valence-electron chi connectivity index (χ1n) is 16.9. The van der Waals surface area contributed by atoms with Gasteiger partial charge >= 0.3 is 6.03 Å². The van der Waals surface area contributed by atoms with Gasteiger partial charge in [-0.25, -0.2) is 13.3 Å². The van der Waals surface area contributed by atoms with Crippen molar-refractivity contribution in [3.05, 3.63) is 53.1 Å². The molecule has 48 heavy (non-hydrogen) atoms. The van der Waals surface area contributed by atoms with Crippen molar-refractivity contribution >= 4 is 39.6 Å². The Kier molecular flexibility index (Phi) is 10.5. The van der Waals surface area contributed by atoms with Crippen molar-refractivity contribution in [2.75, 3.05) is 44.2 Å². The first-order valence-corrected chi connectivity index (χ1v) is 18.0. The molecule has 3 aliphatic heterocycles. The number of hydrogen-bond donors (Lipinski definition) is 2. The van der Waals surface area contributed by atoms with Gasteiger partial charge < -0.3 is 10.6 Å². The van der Waals surface area contributed by atoms with Gasteiger partial charge in [0.05, 0.1) is 28.1 Å². The van der Waals surface area contributed by atoms with Crippen LogP contribution in [0.1, 0.15) is 67.6 Å². The van der Waals surface area contributed by atoms with E-state index in [1.807, 2.05) is 23.5 Å². The van der Waals surface area contributed by atoms with Crippen LogP contribution in [0.25, 0.3) is 10.9 Å². The molecule has 252 valence electrons. The molecule has 3 N–H and O–H groups in total. The Bertz CT molecular complexity index is 1780. The first kappa shape index (κ1) is 33.7. The fraction of sp³-hybridized carbons (Fsp3) is 0.514. The largest absolute Gasteiger partial charge is 0.329 e. The summed E-state index contributed by atoms with van der Waals surface area (Å²) in [6.07, 6.45) is 5.73. The van der Waals surface area contributed by atoms with Gasteiger partial charge in [-0.15, -0.1) is 0 Å². The molecule has 0 spiro atoms. The van der Waals surface area contributed by atoms with E-state index in [1.54, 1.807) is 16.8 Å². The van der Waals surface area contributed by atoms with Crippen LogP contribution in [-0.4, -0.2) is 80.4 Å². The van der Waals surface area contributed by atoms with Crippen molar-refractivity contribution in [3.63, 3.8) is 0 Å². The monoisotopic (exact) mass is 669 g/mol. The van der Waals surface area contributed by atoms with E-state index < -0.39 is 17.0 Å². The van der Waals surface area contributed by atoms with Crippen molar-refractivity contribution in [1.82, 2.24) is 24.3 Å². The van der Waals surface area contributed by atoms with Crippen LogP contribution in [0.4, 0.5) is 10.6 Å². The highest BCUT2D eigenvalue weighted by Gasteiger charge is 2.29. The zero-order chi connectivity index (χ0) is 33.8. The van der Waals surface area contributed by atoms with Gasteiger partial charge in [0.25, 0.3) is 0 Å². The minimum atomic E-state index is -1.30. The third-order valence-corrected chi connectivity index (χ3v) is 11.5. The van der Waals surface area contributed by atoms with E-state index in [4.69, 9.17) is 5.73 Å². The molecule has 2 atom stereocenters. The molecule has 2 unspecified atom stereocenters. The van der Waals surface area contributed by atoms with Gasteiger partial charge in [0.1, 0.15) is 11.0 Å². The molecule has 0 bridgehead atoms. The van der Waals surface area contributed by atoms with Crippen LogP contribution in [0, 0.1) is 28.6 Å². The third-order valence-electron chi connectivity index (χ3n) is 10.0. The minimum absolute atomic E-state index is 0.156. The zero-order valence-corrected chi connectivity index (χ0v) is 28.3. The number of nitrogens with zero attached hydrogens (tertiary/aromatic N) is 7. The average molecular weight is 670 g/mol. The molecule has 13 heteroatoms. The van der Waals surface area contributed by atoms with Crippen LogP contribution in [0.3, 0.4) is 0 Å². The number of anilines is 1. The van der Waals surface area contributed by atoms with Gasteiger partial charge in [-0.1, -0.05) is 6.07 Å².